The Bertz CT molecular complexity index is 1520. The lowest BCUT2D eigenvalue weighted by atomic mass is 9.98. The molecule has 5 rings (SSSR count). The first kappa shape index (κ1) is 21.1. The van der Waals surface area contributed by atoms with Crippen LogP contribution in [0.1, 0.15) is 33.4 Å². The Hall–Kier alpha value is -3.72. The van der Waals surface area contributed by atoms with Gasteiger partial charge in [-0.15, -0.1) is 0 Å². The SMILES string of the molecule is COc1cc(C2c3c(oc4ccc(F)cc4c3=O)C(=O)N2c2cccc(C)n2)cc(Br)c1O. The molecule has 2 aromatic heterocycles. The predicted octanol–water partition coefficient (Wildman–Crippen LogP) is 4.86. The summed E-state index contributed by atoms with van der Waals surface area (Å²) < 4.78 is 25.3. The molecule has 0 radical (unpaired) electrons. The van der Waals surface area contributed by atoms with E-state index in [0.29, 0.717) is 21.5 Å². The molecule has 1 unspecified atom stereocenters. The summed E-state index contributed by atoms with van der Waals surface area (Å²) in [7, 11) is 1.39. The van der Waals surface area contributed by atoms with Crippen LogP contribution in [0, 0.1) is 12.7 Å². The molecular formula is C24H16BrFN2O5. The summed E-state index contributed by atoms with van der Waals surface area (Å²) in [5.41, 5.74) is 0.778. The fourth-order valence-corrected chi connectivity index (χ4v) is 4.53. The van der Waals surface area contributed by atoms with Gasteiger partial charge in [0.05, 0.1) is 28.6 Å². The van der Waals surface area contributed by atoms with Crippen LogP contribution in [0.5, 0.6) is 11.5 Å². The highest BCUT2D eigenvalue weighted by molar-refractivity contribution is 9.10. The first-order valence-electron chi connectivity index (χ1n) is 9.90. The van der Waals surface area contributed by atoms with Crippen LogP contribution in [0.4, 0.5) is 10.2 Å². The highest BCUT2D eigenvalue weighted by atomic mass is 79.9. The number of pyridine rings is 1. The minimum absolute atomic E-state index is 0.0235. The van der Waals surface area contributed by atoms with Crippen LogP contribution < -0.4 is 15.1 Å². The van der Waals surface area contributed by atoms with Gasteiger partial charge in [-0.3, -0.25) is 14.5 Å². The zero-order valence-corrected chi connectivity index (χ0v) is 19.0. The molecule has 1 amide bonds. The topological polar surface area (TPSA) is 92.9 Å². The van der Waals surface area contributed by atoms with Crippen molar-refractivity contribution in [2.24, 2.45) is 0 Å². The number of ether oxygens (including phenoxy) is 1. The van der Waals surface area contributed by atoms with Gasteiger partial charge in [0.15, 0.2) is 16.9 Å². The lowest BCUT2D eigenvalue weighted by Crippen LogP contribution is -2.30. The Morgan fingerprint density at radius 2 is 1.97 bits per heavy atom. The minimum atomic E-state index is -0.948. The molecule has 166 valence electrons. The largest absolute Gasteiger partial charge is 0.503 e. The molecule has 7 nitrogen and oxygen atoms in total. The number of nitrogens with zero attached hydrogens (tertiary/aromatic N) is 2. The van der Waals surface area contributed by atoms with Crippen LogP contribution in [0.25, 0.3) is 11.0 Å². The van der Waals surface area contributed by atoms with Gasteiger partial charge < -0.3 is 14.3 Å². The van der Waals surface area contributed by atoms with Crippen molar-refractivity contribution in [3.63, 3.8) is 0 Å². The van der Waals surface area contributed by atoms with Gasteiger partial charge in [0.25, 0.3) is 5.91 Å². The third-order valence-electron chi connectivity index (χ3n) is 5.54. The van der Waals surface area contributed by atoms with Crippen LogP contribution in [-0.4, -0.2) is 23.1 Å². The number of hydrogen-bond donors (Lipinski definition) is 1. The number of anilines is 1. The number of fused-ring (bicyclic) bond motifs is 2. The monoisotopic (exact) mass is 510 g/mol. The van der Waals surface area contributed by atoms with E-state index in [1.54, 1.807) is 31.2 Å². The Labute approximate surface area is 195 Å². The number of phenolic OH excluding ortho intramolecular Hbond substituents is 1. The van der Waals surface area contributed by atoms with Crippen molar-refractivity contribution in [1.29, 1.82) is 0 Å². The standard InChI is InChI=1S/C24H16BrFN2O5/c1-11-4-3-5-18(27-11)28-20(12-8-15(25)22(30)17(9-12)32-2)19-21(29)14-10-13(26)6-7-16(14)33-23(19)24(28)31/h3-10,20,30H,1-2H3. The average molecular weight is 511 g/mol. The number of aromatic nitrogens is 1. The molecule has 1 N–H and O–H groups in total. The molecule has 1 aliphatic rings. The first-order chi connectivity index (χ1) is 15.8. The number of carbonyl (C=O) groups is 1. The number of halogens is 2. The molecule has 0 fully saturated rings. The summed E-state index contributed by atoms with van der Waals surface area (Å²) >= 11 is 3.30. The molecular weight excluding hydrogens is 495 g/mol. The van der Waals surface area contributed by atoms with Crippen molar-refractivity contribution >= 4 is 38.6 Å². The Balaban J connectivity index is 1.85. The fourth-order valence-electron chi connectivity index (χ4n) is 4.07. The quantitative estimate of drug-likeness (QED) is 0.423. The maximum Gasteiger partial charge on any atom is 0.296 e. The van der Waals surface area contributed by atoms with E-state index in [0.717, 1.165) is 12.1 Å². The van der Waals surface area contributed by atoms with Gasteiger partial charge >= 0.3 is 0 Å². The van der Waals surface area contributed by atoms with E-state index in [9.17, 15) is 19.1 Å². The summed E-state index contributed by atoms with van der Waals surface area (Å²) in [6.45, 7) is 1.78. The Morgan fingerprint density at radius 1 is 1.18 bits per heavy atom. The number of methoxy groups -OCH3 is 1. The average Bonchev–Trinajstić information content (AvgIpc) is 3.08. The van der Waals surface area contributed by atoms with E-state index in [2.05, 4.69) is 20.9 Å². The predicted molar refractivity (Wildman–Crippen MR) is 122 cm³/mol. The number of rotatable bonds is 3. The van der Waals surface area contributed by atoms with Gasteiger partial charge in [-0.2, -0.15) is 0 Å². The van der Waals surface area contributed by atoms with Crippen molar-refractivity contribution in [2.45, 2.75) is 13.0 Å². The zero-order chi connectivity index (χ0) is 23.4. The van der Waals surface area contributed by atoms with E-state index in [-0.39, 0.29) is 33.8 Å². The summed E-state index contributed by atoms with van der Waals surface area (Å²) in [5, 5.41) is 10.3. The van der Waals surface area contributed by atoms with Crippen molar-refractivity contribution < 1.29 is 23.4 Å². The summed E-state index contributed by atoms with van der Waals surface area (Å²) in [5.74, 6) is -0.960. The number of carbonyl (C=O) groups excluding carboxylic acids is 1. The van der Waals surface area contributed by atoms with Crippen LogP contribution in [0.3, 0.4) is 0 Å². The highest BCUT2D eigenvalue weighted by Gasteiger charge is 2.44. The molecule has 0 bridgehead atoms. The minimum Gasteiger partial charge on any atom is -0.503 e. The zero-order valence-electron chi connectivity index (χ0n) is 17.4. The van der Waals surface area contributed by atoms with Gasteiger partial charge in [0.1, 0.15) is 17.2 Å². The fraction of sp³-hybridized carbons (Fsp3) is 0.125. The van der Waals surface area contributed by atoms with Crippen LogP contribution in [0.2, 0.25) is 0 Å². The van der Waals surface area contributed by atoms with E-state index in [1.807, 2.05) is 0 Å². The number of amides is 1. The van der Waals surface area contributed by atoms with Crippen molar-refractivity contribution in [3.05, 3.63) is 91.6 Å². The summed E-state index contributed by atoms with van der Waals surface area (Å²) in [4.78, 5) is 32.9. The van der Waals surface area contributed by atoms with Gasteiger partial charge in [-0.05, 0) is 70.9 Å². The van der Waals surface area contributed by atoms with E-state index in [1.165, 1.54) is 24.1 Å². The highest BCUT2D eigenvalue weighted by Crippen LogP contribution is 2.44. The van der Waals surface area contributed by atoms with Gasteiger partial charge in [0, 0.05) is 5.69 Å². The number of benzene rings is 2. The number of aromatic hydroxyl groups is 1. The number of hydrogen-bond acceptors (Lipinski definition) is 6. The van der Waals surface area contributed by atoms with Gasteiger partial charge in [-0.25, -0.2) is 9.37 Å². The van der Waals surface area contributed by atoms with Gasteiger partial charge in [0.2, 0.25) is 5.76 Å². The molecule has 33 heavy (non-hydrogen) atoms. The van der Waals surface area contributed by atoms with Crippen molar-refractivity contribution in [2.75, 3.05) is 12.0 Å². The van der Waals surface area contributed by atoms with E-state index < -0.39 is 23.2 Å². The van der Waals surface area contributed by atoms with Crippen molar-refractivity contribution in [3.8, 4) is 11.5 Å². The van der Waals surface area contributed by atoms with E-state index >= 15 is 0 Å². The normalized spacial score (nSPS) is 15.2. The molecule has 3 heterocycles. The third kappa shape index (κ3) is 3.27. The molecule has 1 atom stereocenters. The maximum absolute atomic E-state index is 13.9. The van der Waals surface area contributed by atoms with Crippen LogP contribution >= 0.6 is 15.9 Å². The molecule has 0 saturated carbocycles. The molecule has 0 saturated heterocycles. The molecule has 0 spiro atoms. The summed E-state index contributed by atoms with van der Waals surface area (Å²) in [6, 6.07) is 10.9. The number of phenols is 1. The maximum atomic E-state index is 13.9. The van der Waals surface area contributed by atoms with Gasteiger partial charge in [-0.1, -0.05) is 6.07 Å². The Kier molecular flexibility index (Phi) is 4.93. The molecule has 0 aliphatic carbocycles. The molecule has 1 aliphatic heterocycles. The second-order valence-electron chi connectivity index (χ2n) is 7.58. The van der Waals surface area contributed by atoms with Crippen molar-refractivity contribution in [1.82, 2.24) is 4.98 Å². The second kappa shape index (κ2) is 7.70. The lowest BCUT2D eigenvalue weighted by molar-refractivity contribution is 0.0970. The molecule has 2 aromatic carbocycles. The summed E-state index contributed by atoms with van der Waals surface area (Å²) in [6.07, 6.45) is 0. The third-order valence-corrected chi connectivity index (χ3v) is 6.14. The van der Waals surface area contributed by atoms with E-state index in [4.69, 9.17) is 9.15 Å². The second-order valence-corrected chi connectivity index (χ2v) is 8.44. The van der Waals surface area contributed by atoms with Crippen LogP contribution in [0.15, 0.2) is 62.2 Å². The first-order valence-corrected chi connectivity index (χ1v) is 10.7. The molecule has 4 aromatic rings. The Morgan fingerprint density at radius 3 is 2.70 bits per heavy atom. The van der Waals surface area contributed by atoms with Crippen LogP contribution in [-0.2, 0) is 0 Å². The lowest BCUT2D eigenvalue weighted by Gasteiger charge is -2.25. The smallest absolute Gasteiger partial charge is 0.296 e. The molecule has 9 heteroatoms. The number of aryl methyl sites for hydroxylation is 1.